The van der Waals surface area contributed by atoms with Crippen LogP contribution in [0.15, 0.2) is 70.2 Å². The van der Waals surface area contributed by atoms with Crippen LogP contribution in [0.3, 0.4) is 0 Å². The standard InChI is InChI=1S/C19H15BrN2O3/c20-15-8-9-17(23)14(10-15)11-21-22-19(24)12-25-18-7-3-5-13-4-1-2-6-16(13)18/h1-11,23H,12H2,(H,22,24)/b21-11-. The molecule has 0 aliphatic rings. The molecule has 1 amide bonds. The molecule has 0 unspecified atom stereocenters. The summed E-state index contributed by atoms with van der Waals surface area (Å²) in [5.41, 5.74) is 2.87. The number of nitrogens with zero attached hydrogens (tertiary/aromatic N) is 1. The molecule has 3 aromatic rings. The normalized spacial score (nSPS) is 10.9. The SMILES string of the molecule is O=C(COc1cccc2ccccc12)N/N=C\c1cc(Br)ccc1O. The third kappa shape index (κ3) is 4.36. The second-order valence-corrected chi connectivity index (χ2v) is 6.18. The van der Waals surface area contributed by atoms with Crippen molar-refractivity contribution in [3.63, 3.8) is 0 Å². The van der Waals surface area contributed by atoms with E-state index in [-0.39, 0.29) is 12.4 Å². The summed E-state index contributed by atoms with van der Waals surface area (Å²) >= 11 is 3.31. The molecule has 0 aliphatic carbocycles. The van der Waals surface area contributed by atoms with E-state index < -0.39 is 5.91 Å². The highest BCUT2D eigenvalue weighted by Gasteiger charge is 2.05. The minimum atomic E-state index is -0.390. The fourth-order valence-electron chi connectivity index (χ4n) is 2.30. The molecule has 3 aromatic carbocycles. The van der Waals surface area contributed by atoms with Crippen LogP contribution in [0.5, 0.6) is 11.5 Å². The Morgan fingerprint density at radius 1 is 1.16 bits per heavy atom. The van der Waals surface area contributed by atoms with Gasteiger partial charge in [0.05, 0.1) is 6.21 Å². The fraction of sp³-hybridized carbons (Fsp3) is 0.0526. The van der Waals surface area contributed by atoms with Gasteiger partial charge in [0, 0.05) is 15.4 Å². The molecular formula is C19H15BrN2O3. The van der Waals surface area contributed by atoms with E-state index in [9.17, 15) is 9.90 Å². The van der Waals surface area contributed by atoms with Crippen LogP contribution in [0.1, 0.15) is 5.56 Å². The number of benzene rings is 3. The summed E-state index contributed by atoms with van der Waals surface area (Å²) in [6.45, 7) is -0.157. The smallest absolute Gasteiger partial charge is 0.277 e. The molecule has 0 radical (unpaired) electrons. The van der Waals surface area contributed by atoms with Gasteiger partial charge in [-0.05, 0) is 29.7 Å². The van der Waals surface area contributed by atoms with Crippen molar-refractivity contribution in [1.82, 2.24) is 5.43 Å². The highest BCUT2D eigenvalue weighted by Crippen LogP contribution is 2.25. The quantitative estimate of drug-likeness (QED) is 0.506. The number of carbonyl (C=O) groups is 1. The number of nitrogens with one attached hydrogen (secondary N) is 1. The molecule has 0 spiro atoms. The number of carbonyl (C=O) groups excluding carboxylic acids is 1. The monoisotopic (exact) mass is 398 g/mol. The first-order chi connectivity index (χ1) is 12.1. The zero-order valence-corrected chi connectivity index (χ0v) is 14.7. The molecule has 126 valence electrons. The molecule has 0 atom stereocenters. The number of halogens is 1. The molecule has 0 fully saturated rings. The molecule has 6 heteroatoms. The summed E-state index contributed by atoms with van der Waals surface area (Å²) < 4.78 is 6.39. The van der Waals surface area contributed by atoms with Crippen LogP contribution < -0.4 is 10.2 Å². The molecule has 2 N–H and O–H groups in total. The number of rotatable bonds is 5. The van der Waals surface area contributed by atoms with Gasteiger partial charge in [-0.25, -0.2) is 5.43 Å². The van der Waals surface area contributed by atoms with Crippen molar-refractivity contribution < 1.29 is 14.6 Å². The molecule has 0 aromatic heterocycles. The Bertz CT molecular complexity index is 936. The Morgan fingerprint density at radius 3 is 2.84 bits per heavy atom. The van der Waals surface area contributed by atoms with Crippen LogP contribution in [0.2, 0.25) is 0 Å². The van der Waals surface area contributed by atoms with Gasteiger partial charge >= 0.3 is 0 Å². The first-order valence-corrected chi connectivity index (χ1v) is 8.34. The number of aromatic hydroxyl groups is 1. The summed E-state index contributed by atoms with van der Waals surface area (Å²) in [4.78, 5) is 11.9. The molecule has 25 heavy (non-hydrogen) atoms. The van der Waals surface area contributed by atoms with Gasteiger partial charge in [0.2, 0.25) is 0 Å². The lowest BCUT2D eigenvalue weighted by Gasteiger charge is -2.08. The summed E-state index contributed by atoms with van der Waals surface area (Å²) in [5.74, 6) is 0.328. The predicted molar refractivity (Wildman–Crippen MR) is 101 cm³/mol. The van der Waals surface area contributed by atoms with Gasteiger partial charge in [-0.3, -0.25) is 4.79 Å². The van der Waals surface area contributed by atoms with Gasteiger partial charge in [-0.1, -0.05) is 52.3 Å². The first-order valence-electron chi connectivity index (χ1n) is 7.54. The number of amides is 1. The third-order valence-corrected chi connectivity index (χ3v) is 3.98. The second-order valence-electron chi connectivity index (χ2n) is 5.26. The number of hydrogen-bond acceptors (Lipinski definition) is 4. The Hall–Kier alpha value is -2.86. The minimum Gasteiger partial charge on any atom is -0.507 e. The summed E-state index contributed by atoms with van der Waals surface area (Å²) in [6.07, 6.45) is 1.37. The topological polar surface area (TPSA) is 70.9 Å². The zero-order valence-electron chi connectivity index (χ0n) is 13.1. The largest absolute Gasteiger partial charge is 0.507 e. The number of hydrazone groups is 1. The van der Waals surface area contributed by atoms with Crippen LogP contribution >= 0.6 is 15.9 Å². The summed E-state index contributed by atoms with van der Waals surface area (Å²) in [6, 6.07) is 18.4. The van der Waals surface area contributed by atoms with E-state index in [1.54, 1.807) is 12.1 Å². The molecule has 0 aliphatic heterocycles. The minimum absolute atomic E-state index is 0.0770. The van der Waals surface area contributed by atoms with Gasteiger partial charge in [0.25, 0.3) is 5.91 Å². The maximum Gasteiger partial charge on any atom is 0.277 e. The van der Waals surface area contributed by atoms with E-state index in [0.29, 0.717) is 11.3 Å². The predicted octanol–water partition coefficient (Wildman–Crippen LogP) is 3.84. The molecule has 3 rings (SSSR count). The maximum absolute atomic E-state index is 11.9. The molecule has 0 heterocycles. The van der Waals surface area contributed by atoms with Crippen molar-refractivity contribution in [3.8, 4) is 11.5 Å². The number of ether oxygens (including phenoxy) is 1. The van der Waals surface area contributed by atoms with Crippen molar-refractivity contribution in [1.29, 1.82) is 0 Å². The lowest BCUT2D eigenvalue weighted by atomic mass is 10.1. The summed E-state index contributed by atoms with van der Waals surface area (Å²) in [7, 11) is 0. The molecule has 0 saturated heterocycles. The lowest BCUT2D eigenvalue weighted by molar-refractivity contribution is -0.123. The molecule has 5 nitrogen and oxygen atoms in total. The highest BCUT2D eigenvalue weighted by atomic mass is 79.9. The second kappa shape index (κ2) is 7.81. The van der Waals surface area contributed by atoms with Crippen LogP contribution in [0.25, 0.3) is 10.8 Å². The maximum atomic E-state index is 11.9. The van der Waals surface area contributed by atoms with Crippen LogP contribution in [0, 0.1) is 0 Å². The van der Waals surface area contributed by atoms with Crippen molar-refractivity contribution in [3.05, 3.63) is 70.7 Å². The van der Waals surface area contributed by atoms with Gasteiger partial charge in [0.1, 0.15) is 11.5 Å². The van der Waals surface area contributed by atoms with Gasteiger partial charge < -0.3 is 9.84 Å². The molecular weight excluding hydrogens is 384 g/mol. The van der Waals surface area contributed by atoms with E-state index in [1.807, 2.05) is 42.5 Å². The molecule has 0 saturated carbocycles. The van der Waals surface area contributed by atoms with Gasteiger partial charge in [-0.2, -0.15) is 5.10 Å². The highest BCUT2D eigenvalue weighted by molar-refractivity contribution is 9.10. The van der Waals surface area contributed by atoms with Crippen LogP contribution in [-0.4, -0.2) is 23.8 Å². The Balaban J connectivity index is 1.59. The lowest BCUT2D eigenvalue weighted by Crippen LogP contribution is -2.24. The first kappa shape index (κ1) is 17.0. The van der Waals surface area contributed by atoms with E-state index >= 15 is 0 Å². The van der Waals surface area contributed by atoms with E-state index in [0.717, 1.165) is 15.2 Å². The van der Waals surface area contributed by atoms with E-state index in [4.69, 9.17) is 4.74 Å². The summed E-state index contributed by atoms with van der Waals surface area (Å²) in [5, 5.41) is 15.5. The van der Waals surface area contributed by atoms with Gasteiger partial charge in [-0.15, -0.1) is 0 Å². The van der Waals surface area contributed by atoms with Crippen molar-refractivity contribution >= 4 is 38.8 Å². The van der Waals surface area contributed by atoms with Crippen molar-refractivity contribution in [2.75, 3.05) is 6.61 Å². The number of hydrogen-bond donors (Lipinski definition) is 2. The third-order valence-electron chi connectivity index (χ3n) is 3.49. The van der Waals surface area contributed by atoms with Crippen molar-refractivity contribution in [2.45, 2.75) is 0 Å². The zero-order chi connectivity index (χ0) is 17.6. The molecule has 0 bridgehead atoms. The number of phenolic OH excluding ortho intramolecular Hbond substituents is 1. The Labute approximate surface area is 153 Å². The Morgan fingerprint density at radius 2 is 1.96 bits per heavy atom. The average Bonchev–Trinajstić information content (AvgIpc) is 2.63. The average molecular weight is 399 g/mol. The van der Waals surface area contributed by atoms with E-state index in [1.165, 1.54) is 12.3 Å². The number of phenols is 1. The van der Waals surface area contributed by atoms with Crippen molar-refractivity contribution in [2.24, 2.45) is 5.10 Å². The fourth-order valence-corrected chi connectivity index (χ4v) is 2.68. The van der Waals surface area contributed by atoms with Gasteiger partial charge in [0.15, 0.2) is 6.61 Å². The number of fused-ring (bicyclic) bond motifs is 1. The van der Waals surface area contributed by atoms with Crippen LogP contribution in [-0.2, 0) is 4.79 Å². The van der Waals surface area contributed by atoms with E-state index in [2.05, 4.69) is 26.5 Å². The van der Waals surface area contributed by atoms with Crippen LogP contribution in [0.4, 0.5) is 0 Å². The Kier molecular flexibility index (Phi) is 5.30.